The number of nitrogens with zero attached hydrogens (tertiary/aromatic N) is 2. The van der Waals surface area contributed by atoms with Crippen molar-refractivity contribution >= 4 is 5.78 Å². The van der Waals surface area contributed by atoms with Gasteiger partial charge in [0, 0.05) is 30.1 Å². The zero-order chi connectivity index (χ0) is 17.6. The Kier molecular flexibility index (Phi) is 5.71. The fourth-order valence-corrected chi connectivity index (χ4v) is 2.76. The van der Waals surface area contributed by atoms with Crippen LogP contribution in [0.4, 0.5) is 4.39 Å². The highest BCUT2D eigenvalue weighted by molar-refractivity contribution is 5.95. The molecule has 6 heteroatoms. The van der Waals surface area contributed by atoms with Gasteiger partial charge in [0.25, 0.3) is 0 Å². The molecule has 3 rings (SSSR count). The summed E-state index contributed by atoms with van der Waals surface area (Å²) in [6, 6.07) is 6.23. The molecule has 3 heterocycles. The summed E-state index contributed by atoms with van der Waals surface area (Å²) in [4.78, 5) is 20.6. The molecule has 0 aromatic carbocycles. The number of aromatic nitrogens is 2. The van der Waals surface area contributed by atoms with Gasteiger partial charge < -0.3 is 9.47 Å². The number of pyridine rings is 2. The predicted molar refractivity (Wildman–Crippen MR) is 90.3 cm³/mol. The third-order valence-corrected chi connectivity index (χ3v) is 4.05. The predicted octanol–water partition coefficient (Wildman–Crippen LogP) is 3.30. The highest BCUT2D eigenvalue weighted by Gasteiger charge is 2.16. The minimum absolute atomic E-state index is 0.0713. The molecular weight excluding hydrogens is 323 g/mol. The summed E-state index contributed by atoms with van der Waals surface area (Å²) < 4.78 is 24.4. The van der Waals surface area contributed by atoms with Gasteiger partial charge in [0.2, 0.25) is 0 Å². The molecule has 0 bridgehead atoms. The summed E-state index contributed by atoms with van der Waals surface area (Å²) in [5.41, 5.74) is 1.54. The average Bonchev–Trinajstić information content (AvgIpc) is 2.62. The van der Waals surface area contributed by atoms with Crippen LogP contribution < -0.4 is 4.74 Å². The van der Waals surface area contributed by atoms with Gasteiger partial charge in [-0.25, -0.2) is 9.37 Å². The summed E-state index contributed by atoms with van der Waals surface area (Å²) >= 11 is 0. The first-order valence-corrected chi connectivity index (χ1v) is 8.47. The maximum absolute atomic E-state index is 12.9. The van der Waals surface area contributed by atoms with Gasteiger partial charge in [0.05, 0.1) is 18.7 Å². The third kappa shape index (κ3) is 5.06. The first-order valence-electron chi connectivity index (χ1n) is 8.47. The van der Waals surface area contributed by atoms with Crippen LogP contribution in [-0.4, -0.2) is 35.1 Å². The summed E-state index contributed by atoms with van der Waals surface area (Å²) in [6.45, 7) is 3.06. The van der Waals surface area contributed by atoms with E-state index < -0.39 is 5.82 Å². The smallest absolute Gasteiger partial charge is 0.187 e. The molecular formula is C19H21FN2O3. The summed E-state index contributed by atoms with van der Waals surface area (Å²) in [5, 5.41) is 0. The van der Waals surface area contributed by atoms with E-state index in [4.69, 9.17) is 9.47 Å². The highest BCUT2D eigenvalue weighted by atomic mass is 19.1. The third-order valence-electron chi connectivity index (χ3n) is 4.05. The first kappa shape index (κ1) is 17.5. The molecule has 1 aliphatic heterocycles. The molecule has 25 heavy (non-hydrogen) atoms. The largest absolute Gasteiger partial charge is 0.491 e. The lowest BCUT2D eigenvalue weighted by Crippen LogP contribution is -2.25. The fraction of sp³-hybridized carbons (Fsp3) is 0.421. The van der Waals surface area contributed by atoms with Crippen molar-refractivity contribution in [2.75, 3.05) is 13.2 Å². The lowest BCUT2D eigenvalue weighted by molar-refractivity contribution is -0.0111. The average molecular weight is 344 g/mol. The van der Waals surface area contributed by atoms with E-state index in [0.717, 1.165) is 32.1 Å². The molecule has 2 aromatic heterocycles. The van der Waals surface area contributed by atoms with E-state index in [9.17, 15) is 9.18 Å². The van der Waals surface area contributed by atoms with Crippen LogP contribution in [0.15, 0.2) is 30.5 Å². The van der Waals surface area contributed by atoms with Gasteiger partial charge in [-0.05, 0) is 38.3 Å². The van der Waals surface area contributed by atoms with Gasteiger partial charge in [0.15, 0.2) is 5.78 Å². The van der Waals surface area contributed by atoms with Crippen molar-refractivity contribution in [1.29, 1.82) is 0 Å². The van der Waals surface area contributed by atoms with E-state index in [1.54, 1.807) is 12.1 Å². The van der Waals surface area contributed by atoms with Crippen LogP contribution in [0.1, 0.15) is 41.1 Å². The van der Waals surface area contributed by atoms with Crippen molar-refractivity contribution in [2.24, 2.45) is 0 Å². The molecule has 1 fully saturated rings. The van der Waals surface area contributed by atoms with Gasteiger partial charge in [-0.3, -0.25) is 9.78 Å². The molecule has 1 unspecified atom stereocenters. The van der Waals surface area contributed by atoms with Crippen LogP contribution in [0.2, 0.25) is 0 Å². The molecule has 132 valence electrons. The van der Waals surface area contributed by atoms with Crippen molar-refractivity contribution < 1.29 is 18.7 Å². The Labute approximate surface area is 146 Å². The van der Waals surface area contributed by atoms with E-state index in [0.29, 0.717) is 29.4 Å². The lowest BCUT2D eigenvalue weighted by Gasteiger charge is -2.22. The number of halogens is 1. The molecule has 0 amide bonds. The normalized spacial score (nSPS) is 17.3. The summed E-state index contributed by atoms with van der Waals surface area (Å²) in [5.74, 6) is 0.00385. The van der Waals surface area contributed by atoms with Crippen molar-refractivity contribution in [3.8, 4) is 5.75 Å². The van der Waals surface area contributed by atoms with E-state index >= 15 is 0 Å². The number of hydrogen-bond acceptors (Lipinski definition) is 5. The zero-order valence-electron chi connectivity index (χ0n) is 14.2. The fourth-order valence-electron chi connectivity index (χ4n) is 2.76. The second kappa shape index (κ2) is 8.16. The Bertz CT molecular complexity index is 728. The molecule has 0 N–H and O–H groups in total. The first-order chi connectivity index (χ1) is 12.1. The summed E-state index contributed by atoms with van der Waals surface area (Å²) in [6.07, 6.45) is 4.52. The minimum atomic E-state index is -0.425. The molecule has 0 spiro atoms. The molecule has 0 saturated carbocycles. The Morgan fingerprint density at radius 1 is 1.36 bits per heavy atom. The quantitative estimate of drug-likeness (QED) is 0.753. The summed E-state index contributed by atoms with van der Waals surface area (Å²) in [7, 11) is 0. The second-order valence-electron chi connectivity index (χ2n) is 6.20. The van der Waals surface area contributed by atoms with Gasteiger partial charge in [-0.2, -0.15) is 0 Å². The van der Waals surface area contributed by atoms with Crippen molar-refractivity contribution in [3.63, 3.8) is 0 Å². The Hall–Kier alpha value is -2.34. The van der Waals surface area contributed by atoms with E-state index in [-0.39, 0.29) is 18.3 Å². The van der Waals surface area contributed by atoms with Crippen LogP contribution >= 0.6 is 0 Å². The molecule has 1 saturated heterocycles. The number of carbonyl (C=O) groups is 1. The Balaban J connectivity index is 1.65. The number of ether oxygens (including phenoxy) is 2. The molecule has 0 radical (unpaired) electrons. The van der Waals surface area contributed by atoms with Crippen molar-refractivity contribution in [1.82, 2.24) is 9.97 Å². The number of rotatable bonds is 6. The van der Waals surface area contributed by atoms with Crippen LogP contribution in [0, 0.1) is 12.7 Å². The number of aryl methyl sites for hydroxylation is 1. The van der Waals surface area contributed by atoms with Gasteiger partial charge >= 0.3 is 0 Å². The number of hydrogen-bond donors (Lipinski definition) is 0. The number of ketones is 1. The van der Waals surface area contributed by atoms with E-state index in [2.05, 4.69) is 9.97 Å². The van der Waals surface area contributed by atoms with Gasteiger partial charge in [0.1, 0.15) is 23.9 Å². The van der Waals surface area contributed by atoms with Crippen LogP contribution in [0.3, 0.4) is 0 Å². The lowest BCUT2D eigenvalue weighted by atomic mass is 10.1. The second-order valence-corrected chi connectivity index (χ2v) is 6.20. The van der Waals surface area contributed by atoms with Gasteiger partial charge in [-0.15, -0.1) is 0 Å². The maximum Gasteiger partial charge on any atom is 0.187 e. The van der Waals surface area contributed by atoms with E-state index in [1.807, 2.05) is 6.92 Å². The molecule has 2 aromatic rings. The van der Waals surface area contributed by atoms with Crippen molar-refractivity contribution in [2.45, 2.75) is 38.7 Å². The SMILES string of the molecule is Cc1cc(OCC2CCCCO2)cc(C(=O)Cc2ccc(F)cn2)n1. The number of carbonyl (C=O) groups excluding carboxylic acids is 1. The highest BCUT2D eigenvalue weighted by Crippen LogP contribution is 2.18. The molecule has 5 nitrogen and oxygen atoms in total. The molecule has 1 atom stereocenters. The number of Topliss-reactive ketones (excluding diaryl/α,β-unsaturated/α-hetero) is 1. The minimum Gasteiger partial charge on any atom is -0.491 e. The Morgan fingerprint density at radius 3 is 2.96 bits per heavy atom. The topological polar surface area (TPSA) is 61.3 Å². The van der Waals surface area contributed by atoms with E-state index in [1.165, 1.54) is 12.1 Å². The maximum atomic E-state index is 12.9. The zero-order valence-corrected chi connectivity index (χ0v) is 14.2. The van der Waals surface area contributed by atoms with Gasteiger partial charge in [-0.1, -0.05) is 0 Å². The monoisotopic (exact) mass is 344 g/mol. The van der Waals surface area contributed by atoms with Crippen LogP contribution in [0.5, 0.6) is 5.75 Å². The Morgan fingerprint density at radius 2 is 2.24 bits per heavy atom. The standard InChI is InChI=1S/C19H21FN2O3/c1-13-8-17(25-12-16-4-2-3-7-24-16)10-18(22-13)19(23)9-15-6-5-14(20)11-21-15/h5-6,8,10-11,16H,2-4,7,9,12H2,1H3. The van der Waals surface area contributed by atoms with Crippen LogP contribution in [0.25, 0.3) is 0 Å². The molecule has 1 aliphatic rings. The van der Waals surface area contributed by atoms with Crippen LogP contribution in [-0.2, 0) is 11.2 Å². The van der Waals surface area contributed by atoms with Crippen molar-refractivity contribution in [3.05, 3.63) is 53.4 Å². The molecule has 0 aliphatic carbocycles.